The lowest BCUT2D eigenvalue weighted by molar-refractivity contribution is -0.0711. The summed E-state index contributed by atoms with van der Waals surface area (Å²) in [4.78, 5) is 4.24. The van der Waals surface area contributed by atoms with Crippen molar-refractivity contribution in [1.29, 1.82) is 0 Å². The molecular weight excluding hydrogens is 236 g/mol. The molecule has 0 bridgehead atoms. The number of hydrogen-bond donors (Lipinski definition) is 1. The van der Waals surface area contributed by atoms with Crippen LogP contribution in [0.3, 0.4) is 0 Å². The highest BCUT2D eigenvalue weighted by Crippen LogP contribution is 2.30. The van der Waals surface area contributed by atoms with Gasteiger partial charge in [0.1, 0.15) is 5.60 Å². The Hall–Kier alpha value is -1.71. The predicted molar refractivity (Wildman–Crippen MR) is 74.9 cm³/mol. The van der Waals surface area contributed by atoms with Gasteiger partial charge in [0.05, 0.1) is 6.61 Å². The molecule has 3 nitrogen and oxygen atoms in total. The van der Waals surface area contributed by atoms with Crippen molar-refractivity contribution in [2.75, 3.05) is 19.7 Å². The monoisotopic (exact) mass is 254 g/mol. The molecule has 0 saturated carbocycles. The van der Waals surface area contributed by atoms with Crippen LogP contribution < -0.4 is 5.32 Å². The number of nitrogens with one attached hydrogen (secondary N) is 1. The van der Waals surface area contributed by atoms with E-state index in [1.54, 1.807) is 6.20 Å². The van der Waals surface area contributed by atoms with Crippen LogP contribution in [-0.2, 0) is 16.8 Å². The second-order valence-electron chi connectivity index (χ2n) is 4.92. The normalized spacial score (nSPS) is 23.2. The van der Waals surface area contributed by atoms with E-state index in [-0.39, 0.29) is 5.60 Å². The molecule has 98 valence electrons. The van der Waals surface area contributed by atoms with Crippen molar-refractivity contribution in [1.82, 2.24) is 10.3 Å². The van der Waals surface area contributed by atoms with Crippen molar-refractivity contribution in [2.24, 2.45) is 0 Å². The Bertz CT molecular complexity index is 507. The van der Waals surface area contributed by atoms with Crippen LogP contribution in [0.1, 0.15) is 11.1 Å². The molecule has 1 aromatic heterocycles. The molecule has 1 aliphatic rings. The maximum Gasteiger partial charge on any atom is 0.111 e. The molecule has 0 radical (unpaired) electrons. The summed E-state index contributed by atoms with van der Waals surface area (Å²) >= 11 is 0. The van der Waals surface area contributed by atoms with Gasteiger partial charge in [-0.3, -0.25) is 4.98 Å². The third-order valence-electron chi connectivity index (χ3n) is 3.59. The number of hydrogen-bond acceptors (Lipinski definition) is 3. The molecule has 19 heavy (non-hydrogen) atoms. The first kappa shape index (κ1) is 12.3. The van der Waals surface area contributed by atoms with Crippen LogP contribution in [0.25, 0.3) is 0 Å². The van der Waals surface area contributed by atoms with Gasteiger partial charge in [0.15, 0.2) is 0 Å². The van der Waals surface area contributed by atoms with Gasteiger partial charge < -0.3 is 10.1 Å². The number of pyridine rings is 1. The molecule has 0 aliphatic carbocycles. The molecule has 1 atom stereocenters. The lowest BCUT2D eigenvalue weighted by atomic mass is 9.87. The van der Waals surface area contributed by atoms with Gasteiger partial charge in [-0.2, -0.15) is 0 Å². The van der Waals surface area contributed by atoms with Crippen LogP contribution in [0.5, 0.6) is 0 Å². The van der Waals surface area contributed by atoms with Crippen molar-refractivity contribution in [2.45, 2.75) is 12.0 Å². The summed E-state index contributed by atoms with van der Waals surface area (Å²) in [6, 6.07) is 14.6. The summed E-state index contributed by atoms with van der Waals surface area (Å²) in [5.74, 6) is 0. The summed E-state index contributed by atoms with van der Waals surface area (Å²) in [6.07, 6.45) is 4.58. The molecule has 0 spiro atoms. The second kappa shape index (κ2) is 5.51. The van der Waals surface area contributed by atoms with Crippen molar-refractivity contribution in [3.05, 3.63) is 66.0 Å². The highest BCUT2D eigenvalue weighted by molar-refractivity contribution is 5.26. The molecule has 1 aliphatic heterocycles. The van der Waals surface area contributed by atoms with Gasteiger partial charge in [0, 0.05) is 37.5 Å². The van der Waals surface area contributed by atoms with E-state index >= 15 is 0 Å². The van der Waals surface area contributed by atoms with E-state index in [9.17, 15) is 0 Å². The molecule has 1 saturated heterocycles. The highest BCUT2D eigenvalue weighted by Gasteiger charge is 2.35. The standard InChI is InChI=1S/C16H18N2O/c1-2-5-14(6-3-1)11-16(13-18-9-10-19-16)15-7-4-8-17-12-15/h1-8,12,18H,9-11,13H2. The first-order chi connectivity index (χ1) is 9.39. The summed E-state index contributed by atoms with van der Waals surface area (Å²) < 4.78 is 6.15. The van der Waals surface area contributed by atoms with Crippen molar-refractivity contribution < 1.29 is 4.74 Å². The fraction of sp³-hybridized carbons (Fsp3) is 0.312. The molecule has 1 N–H and O–H groups in total. The zero-order chi connectivity index (χ0) is 13.0. The Morgan fingerprint density at radius 2 is 2.05 bits per heavy atom. The minimum absolute atomic E-state index is 0.298. The predicted octanol–water partition coefficient (Wildman–Crippen LogP) is 2.14. The smallest absolute Gasteiger partial charge is 0.111 e. The van der Waals surface area contributed by atoms with Crippen LogP contribution in [0.2, 0.25) is 0 Å². The minimum atomic E-state index is -0.298. The Balaban J connectivity index is 1.93. The Kier molecular flexibility index (Phi) is 3.58. The van der Waals surface area contributed by atoms with Crippen molar-refractivity contribution in [3.63, 3.8) is 0 Å². The van der Waals surface area contributed by atoms with Gasteiger partial charge in [-0.1, -0.05) is 36.4 Å². The molecule has 3 heteroatoms. The fourth-order valence-electron chi connectivity index (χ4n) is 2.62. The lowest BCUT2D eigenvalue weighted by Gasteiger charge is -2.38. The maximum atomic E-state index is 6.15. The number of benzene rings is 1. The molecule has 2 heterocycles. The fourth-order valence-corrected chi connectivity index (χ4v) is 2.62. The summed E-state index contributed by atoms with van der Waals surface area (Å²) in [6.45, 7) is 2.48. The average Bonchev–Trinajstić information content (AvgIpc) is 2.50. The van der Waals surface area contributed by atoms with Crippen LogP contribution in [0, 0.1) is 0 Å². The quantitative estimate of drug-likeness (QED) is 0.911. The summed E-state index contributed by atoms with van der Waals surface area (Å²) in [5, 5.41) is 3.44. The van der Waals surface area contributed by atoms with Crippen LogP contribution in [-0.4, -0.2) is 24.7 Å². The number of nitrogens with zero attached hydrogens (tertiary/aromatic N) is 1. The highest BCUT2D eigenvalue weighted by atomic mass is 16.5. The number of aromatic nitrogens is 1. The van der Waals surface area contributed by atoms with Gasteiger partial charge in [0.25, 0.3) is 0 Å². The van der Waals surface area contributed by atoms with Gasteiger partial charge in [-0.15, -0.1) is 0 Å². The average molecular weight is 254 g/mol. The third-order valence-corrected chi connectivity index (χ3v) is 3.59. The Morgan fingerprint density at radius 3 is 2.74 bits per heavy atom. The van der Waals surface area contributed by atoms with Crippen molar-refractivity contribution in [3.8, 4) is 0 Å². The lowest BCUT2D eigenvalue weighted by Crippen LogP contribution is -2.49. The first-order valence-electron chi connectivity index (χ1n) is 6.68. The molecule has 1 unspecified atom stereocenters. The third kappa shape index (κ3) is 2.67. The maximum absolute atomic E-state index is 6.15. The van der Waals surface area contributed by atoms with E-state index < -0.39 is 0 Å². The molecular formula is C16H18N2O. The SMILES string of the molecule is c1ccc(CC2(c3cccnc3)CNCCO2)cc1. The van der Waals surface area contributed by atoms with E-state index in [1.807, 2.05) is 18.3 Å². The van der Waals surface area contributed by atoms with Crippen LogP contribution >= 0.6 is 0 Å². The number of ether oxygens (including phenoxy) is 1. The molecule has 3 rings (SSSR count). The van der Waals surface area contributed by atoms with E-state index in [0.29, 0.717) is 0 Å². The summed E-state index contributed by atoms with van der Waals surface area (Å²) in [7, 11) is 0. The van der Waals surface area contributed by atoms with Crippen LogP contribution in [0.15, 0.2) is 54.9 Å². The number of morpholine rings is 1. The van der Waals surface area contributed by atoms with Gasteiger partial charge in [-0.05, 0) is 11.6 Å². The number of rotatable bonds is 3. The molecule has 1 fully saturated rings. The van der Waals surface area contributed by atoms with E-state index in [1.165, 1.54) is 5.56 Å². The zero-order valence-corrected chi connectivity index (χ0v) is 10.9. The van der Waals surface area contributed by atoms with Crippen molar-refractivity contribution >= 4 is 0 Å². The Labute approximate surface area is 113 Å². The van der Waals surface area contributed by atoms with E-state index in [4.69, 9.17) is 4.74 Å². The zero-order valence-electron chi connectivity index (χ0n) is 10.9. The Morgan fingerprint density at radius 1 is 1.16 bits per heavy atom. The summed E-state index contributed by atoms with van der Waals surface area (Å²) in [5.41, 5.74) is 2.13. The van der Waals surface area contributed by atoms with Gasteiger partial charge >= 0.3 is 0 Å². The van der Waals surface area contributed by atoms with E-state index in [0.717, 1.165) is 31.7 Å². The minimum Gasteiger partial charge on any atom is -0.367 e. The largest absolute Gasteiger partial charge is 0.367 e. The van der Waals surface area contributed by atoms with Gasteiger partial charge in [-0.25, -0.2) is 0 Å². The van der Waals surface area contributed by atoms with Crippen LogP contribution in [0.4, 0.5) is 0 Å². The first-order valence-corrected chi connectivity index (χ1v) is 6.68. The van der Waals surface area contributed by atoms with E-state index in [2.05, 4.69) is 40.6 Å². The topological polar surface area (TPSA) is 34.2 Å². The molecule has 2 aromatic rings. The molecule has 0 amide bonds. The van der Waals surface area contributed by atoms with Gasteiger partial charge in [0.2, 0.25) is 0 Å². The second-order valence-corrected chi connectivity index (χ2v) is 4.92. The molecule has 1 aromatic carbocycles.